The molecular weight excluding hydrogens is 344 g/mol. The van der Waals surface area contributed by atoms with Crippen LogP contribution >= 0.6 is 24.0 Å². The van der Waals surface area contributed by atoms with Crippen LogP contribution in [-0.2, 0) is 9.59 Å². The molecule has 0 unspecified atom stereocenters. The molecule has 0 aliphatic carbocycles. The lowest BCUT2D eigenvalue weighted by atomic mass is 10.2. The van der Waals surface area contributed by atoms with E-state index in [-0.39, 0.29) is 12.3 Å². The van der Waals surface area contributed by atoms with E-state index in [4.69, 9.17) is 17.3 Å². The fraction of sp³-hybridized carbons (Fsp3) is 0.176. The monoisotopic (exact) mass is 358 g/mol. The highest BCUT2D eigenvalue weighted by molar-refractivity contribution is 8.26. The molecule has 0 bridgehead atoms. The first-order valence-corrected chi connectivity index (χ1v) is 8.60. The molecule has 1 aliphatic rings. The highest BCUT2D eigenvalue weighted by Crippen LogP contribution is 2.32. The van der Waals surface area contributed by atoms with Gasteiger partial charge in [0.15, 0.2) is 0 Å². The quantitative estimate of drug-likeness (QED) is 0.653. The number of thiocarbonyl (C=S) groups is 1. The predicted octanol–water partition coefficient (Wildman–Crippen LogP) is 3.30. The van der Waals surface area contributed by atoms with Gasteiger partial charge in [0, 0.05) is 18.4 Å². The standard InChI is InChI=1S/C17H14N2O3S2/c20-15(21)6-3-9-19-16(22)14(24-17(19)23)10-12-8-7-11-4-1-2-5-13(11)18-12/h1-2,4-5,7-8,10H,3,6,9H2,(H,20,21). The summed E-state index contributed by atoms with van der Waals surface area (Å²) in [5.41, 5.74) is 1.56. The molecule has 1 N–H and O–H groups in total. The van der Waals surface area contributed by atoms with Crippen LogP contribution in [0.15, 0.2) is 41.3 Å². The summed E-state index contributed by atoms with van der Waals surface area (Å²) in [6, 6.07) is 11.6. The zero-order chi connectivity index (χ0) is 17.1. The Kier molecular flexibility index (Phi) is 4.92. The minimum atomic E-state index is -0.878. The van der Waals surface area contributed by atoms with Gasteiger partial charge in [-0.3, -0.25) is 14.5 Å². The van der Waals surface area contributed by atoms with Gasteiger partial charge in [-0.05, 0) is 24.6 Å². The molecule has 1 saturated heterocycles. The number of amides is 1. The van der Waals surface area contributed by atoms with E-state index in [1.54, 1.807) is 6.08 Å². The maximum Gasteiger partial charge on any atom is 0.303 e. The number of pyridine rings is 1. The predicted molar refractivity (Wildman–Crippen MR) is 98.5 cm³/mol. The van der Waals surface area contributed by atoms with Crippen molar-refractivity contribution in [1.29, 1.82) is 0 Å². The molecule has 0 spiro atoms. The highest BCUT2D eigenvalue weighted by atomic mass is 32.2. The van der Waals surface area contributed by atoms with Gasteiger partial charge in [-0.1, -0.05) is 48.2 Å². The molecule has 1 fully saturated rings. The summed E-state index contributed by atoms with van der Waals surface area (Å²) >= 11 is 6.45. The molecule has 0 saturated carbocycles. The van der Waals surface area contributed by atoms with E-state index in [0.717, 1.165) is 10.9 Å². The number of rotatable bonds is 5. The molecule has 7 heteroatoms. The average molecular weight is 358 g/mol. The summed E-state index contributed by atoms with van der Waals surface area (Å²) in [6.45, 7) is 0.319. The van der Waals surface area contributed by atoms with Crippen LogP contribution in [0.25, 0.3) is 17.0 Å². The van der Waals surface area contributed by atoms with Crippen molar-refractivity contribution in [2.45, 2.75) is 12.8 Å². The van der Waals surface area contributed by atoms with E-state index in [2.05, 4.69) is 4.98 Å². The molecule has 3 rings (SSSR count). The molecule has 1 aromatic heterocycles. The molecule has 1 aromatic carbocycles. The summed E-state index contributed by atoms with van der Waals surface area (Å²) in [4.78, 5) is 29.5. The van der Waals surface area contributed by atoms with Crippen molar-refractivity contribution < 1.29 is 14.7 Å². The molecule has 0 atom stereocenters. The Morgan fingerprint density at radius 1 is 1.29 bits per heavy atom. The van der Waals surface area contributed by atoms with Crippen LogP contribution in [0.3, 0.4) is 0 Å². The lowest BCUT2D eigenvalue weighted by Gasteiger charge is -2.13. The lowest BCUT2D eigenvalue weighted by Crippen LogP contribution is -2.29. The summed E-state index contributed by atoms with van der Waals surface area (Å²) < 4.78 is 0.456. The van der Waals surface area contributed by atoms with Crippen molar-refractivity contribution in [3.05, 3.63) is 47.0 Å². The molecule has 5 nitrogen and oxygen atoms in total. The van der Waals surface area contributed by atoms with Gasteiger partial charge in [-0.25, -0.2) is 4.98 Å². The molecule has 2 heterocycles. The van der Waals surface area contributed by atoms with E-state index in [1.165, 1.54) is 16.7 Å². The SMILES string of the molecule is O=C(O)CCCN1C(=O)C(=Cc2ccc3ccccc3n2)SC1=S. The van der Waals surface area contributed by atoms with Crippen molar-refractivity contribution in [1.82, 2.24) is 9.88 Å². The van der Waals surface area contributed by atoms with Crippen molar-refractivity contribution in [3.8, 4) is 0 Å². The van der Waals surface area contributed by atoms with Crippen LogP contribution in [0.2, 0.25) is 0 Å². The van der Waals surface area contributed by atoms with Gasteiger partial charge in [-0.15, -0.1) is 0 Å². The Labute approximate surface area is 148 Å². The zero-order valence-corrected chi connectivity index (χ0v) is 14.3. The maximum absolute atomic E-state index is 12.4. The Morgan fingerprint density at radius 2 is 2.08 bits per heavy atom. The highest BCUT2D eigenvalue weighted by Gasteiger charge is 2.31. The molecule has 1 aliphatic heterocycles. The molecule has 122 valence electrons. The van der Waals surface area contributed by atoms with Crippen molar-refractivity contribution >= 4 is 57.2 Å². The summed E-state index contributed by atoms with van der Waals surface area (Å²) in [6.07, 6.45) is 2.12. The second kappa shape index (κ2) is 7.11. The number of carboxylic acids is 1. The fourth-order valence-electron chi connectivity index (χ4n) is 2.38. The number of hydrogen-bond donors (Lipinski definition) is 1. The van der Waals surface area contributed by atoms with Gasteiger partial charge in [0.2, 0.25) is 0 Å². The lowest BCUT2D eigenvalue weighted by molar-refractivity contribution is -0.137. The summed E-state index contributed by atoms with van der Waals surface area (Å²) in [5.74, 6) is -1.07. The second-order valence-corrected chi connectivity index (χ2v) is 6.94. The van der Waals surface area contributed by atoms with Gasteiger partial charge in [0.05, 0.1) is 16.1 Å². The third kappa shape index (κ3) is 3.63. The maximum atomic E-state index is 12.4. The first-order valence-electron chi connectivity index (χ1n) is 7.37. The van der Waals surface area contributed by atoms with E-state index in [0.29, 0.717) is 27.9 Å². The molecule has 1 amide bonds. The number of carbonyl (C=O) groups excluding carboxylic acids is 1. The number of aromatic nitrogens is 1. The first kappa shape index (κ1) is 16.6. The Hall–Kier alpha value is -2.25. The van der Waals surface area contributed by atoms with Crippen LogP contribution in [0, 0.1) is 0 Å². The zero-order valence-electron chi connectivity index (χ0n) is 12.6. The Balaban J connectivity index is 1.78. The van der Waals surface area contributed by atoms with Crippen LogP contribution in [-0.4, -0.2) is 37.7 Å². The minimum Gasteiger partial charge on any atom is -0.481 e. The van der Waals surface area contributed by atoms with Gasteiger partial charge >= 0.3 is 5.97 Å². The largest absolute Gasteiger partial charge is 0.481 e. The normalized spacial score (nSPS) is 16.3. The smallest absolute Gasteiger partial charge is 0.303 e. The van der Waals surface area contributed by atoms with Gasteiger partial charge in [0.1, 0.15) is 4.32 Å². The number of benzene rings is 1. The molecule has 0 radical (unpaired) electrons. The van der Waals surface area contributed by atoms with E-state index in [9.17, 15) is 9.59 Å². The number of nitrogens with zero attached hydrogens (tertiary/aromatic N) is 2. The van der Waals surface area contributed by atoms with Crippen LogP contribution in [0.4, 0.5) is 0 Å². The van der Waals surface area contributed by atoms with E-state index < -0.39 is 5.97 Å². The molecule has 24 heavy (non-hydrogen) atoms. The number of hydrogen-bond acceptors (Lipinski definition) is 5. The van der Waals surface area contributed by atoms with Gasteiger partial charge in [0.25, 0.3) is 5.91 Å². The topological polar surface area (TPSA) is 70.5 Å². The van der Waals surface area contributed by atoms with Crippen LogP contribution in [0.1, 0.15) is 18.5 Å². The third-order valence-corrected chi connectivity index (χ3v) is 4.92. The van der Waals surface area contributed by atoms with Crippen LogP contribution in [0.5, 0.6) is 0 Å². The number of fused-ring (bicyclic) bond motifs is 1. The average Bonchev–Trinajstić information content (AvgIpc) is 2.82. The van der Waals surface area contributed by atoms with Crippen molar-refractivity contribution in [2.24, 2.45) is 0 Å². The number of para-hydroxylation sites is 1. The number of thioether (sulfide) groups is 1. The third-order valence-electron chi connectivity index (χ3n) is 3.54. The van der Waals surface area contributed by atoms with Crippen LogP contribution < -0.4 is 0 Å². The Bertz CT molecular complexity index is 864. The first-order chi connectivity index (χ1) is 11.5. The van der Waals surface area contributed by atoms with Crippen molar-refractivity contribution in [2.75, 3.05) is 6.54 Å². The molecule has 2 aromatic rings. The van der Waals surface area contributed by atoms with Gasteiger partial charge in [-0.2, -0.15) is 0 Å². The minimum absolute atomic E-state index is 0.0162. The summed E-state index contributed by atoms with van der Waals surface area (Å²) in [5, 5.41) is 9.73. The fourth-order valence-corrected chi connectivity index (χ4v) is 3.67. The second-order valence-electron chi connectivity index (χ2n) is 5.26. The number of carboxylic acid groups (broad SMARTS) is 1. The summed E-state index contributed by atoms with van der Waals surface area (Å²) in [7, 11) is 0. The number of aliphatic carboxylic acids is 1. The van der Waals surface area contributed by atoms with E-state index in [1.807, 2.05) is 36.4 Å². The van der Waals surface area contributed by atoms with E-state index >= 15 is 0 Å². The van der Waals surface area contributed by atoms with Gasteiger partial charge < -0.3 is 5.11 Å². The number of carbonyl (C=O) groups is 2. The Morgan fingerprint density at radius 3 is 2.88 bits per heavy atom. The molecular formula is C17H14N2O3S2. The van der Waals surface area contributed by atoms with Crippen molar-refractivity contribution in [3.63, 3.8) is 0 Å².